The summed E-state index contributed by atoms with van der Waals surface area (Å²) in [5.74, 6) is -3.30. The van der Waals surface area contributed by atoms with Gasteiger partial charge in [-0.1, -0.05) is 15.9 Å². The van der Waals surface area contributed by atoms with Gasteiger partial charge < -0.3 is 5.73 Å². The van der Waals surface area contributed by atoms with E-state index < -0.39 is 27.4 Å². The second-order valence-corrected chi connectivity index (χ2v) is 7.65. The van der Waals surface area contributed by atoms with Crippen molar-refractivity contribution in [2.45, 2.75) is 11.8 Å². The Balaban J connectivity index is 2.53. The summed E-state index contributed by atoms with van der Waals surface area (Å²) in [6, 6.07) is 6.89. The summed E-state index contributed by atoms with van der Waals surface area (Å²) in [6.07, 6.45) is 0.997. The highest BCUT2D eigenvalue weighted by molar-refractivity contribution is 9.10. The van der Waals surface area contributed by atoms with E-state index in [-0.39, 0.29) is 21.7 Å². The molecule has 0 spiro atoms. The Labute approximate surface area is 151 Å². The third-order valence-corrected chi connectivity index (χ3v) is 5.19. The molecule has 0 fully saturated rings. The first kappa shape index (κ1) is 19.1. The number of ketones is 1. The molecular formula is C16H13BrF2N2O3S. The Morgan fingerprint density at radius 2 is 1.72 bits per heavy atom. The summed E-state index contributed by atoms with van der Waals surface area (Å²) in [5, 5.41) is 0. The van der Waals surface area contributed by atoms with Gasteiger partial charge in [0.2, 0.25) is 0 Å². The van der Waals surface area contributed by atoms with Crippen molar-refractivity contribution in [3.8, 4) is 0 Å². The topological polar surface area (TPSA) is 89.3 Å². The summed E-state index contributed by atoms with van der Waals surface area (Å²) in [4.78, 5) is 12.1. The lowest BCUT2D eigenvalue weighted by Crippen LogP contribution is -2.17. The molecule has 0 aliphatic rings. The maximum atomic E-state index is 13.6. The van der Waals surface area contributed by atoms with E-state index >= 15 is 0 Å². The third-order valence-electron chi connectivity index (χ3n) is 3.28. The number of carbonyl (C=O) groups excluding carboxylic acids is 1. The Morgan fingerprint density at radius 1 is 1.16 bits per heavy atom. The zero-order chi connectivity index (χ0) is 18.8. The molecule has 0 aliphatic heterocycles. The van der Waals surface area contributed by atoms with Crippen LogP contribution in [0.5, 0.6) is 0 Å². The van der Waals surface area contributed by atoms with Crippen molar-refractivity contribution in [1.82, 2.24) is 0 Å². The van der Waals surface area contributed by atoms with Crippen molar-refractivity contribution in [2.24, 2.45) is 5.73 Å². The number of Topliss-reactive ketones (excluding diaryl/α,β-unsaturated/α-hetero) is 1. The van der Waals surface area contributed by atoms with Crippen molar-refractivity contribution >= 4 is 37.4 Å². The van der Waals surface area contributed by atoms with Crippen molar-refractivity contribution in [1.29, 1.82) is 0 Å². The molecule has 0 radical (unpaired) electrons. The van der Waals surface area contributed by atoms with E-state index in [9.17, 15) is 22.0 Å². The van der Waals surface area contributed by atoms with Crippen LogP contribution in [0, 0.1) is 11.6 Å². The molecule has 0 aromatic heterocycles. The van der Waals surface area contributed by atoms with Gasteiger partial charge in [-0.25, -0.2) is 17.2 Å². The maximum absolute atomic E-state index is 13.6. The van der Waals surface area contributed by atoms with Crippen molar-refractivity contribution in [3.05, 3.63) is 69.8 Å². The Kier molecular flexibility index (Phi) is 5.58. The molecular weight excluding hydrogens is 418 g/mol. The van der Waals surface area contributed by atoms with Crippen LogP contribution in [-0.4, -0.2) is 14.2 Å². The minimum Gasteiger partial charge on any atom is -0.404 e. The fraction of sp³-hybridized carbons (Fsp3) is 0.0625. The maximum Gasteiger partial charge on any atom is 0.261 e. The van der Waals surface area contributed by atoms with E-state index in [1.807, 2.05) is 0 Å². The normalized spacial score (nSPS) is 12.1. The van der Waals surface area contributed by atoms with Gasteiger partial charge in [-0.05, 0) is 37.3 Å². The monoisotopic (exact) mass is 430 g/mol. The quantitative estimate of drug-likeness (QED) is 0.560. The molecule has 0 atom stereocenters. The molecule has 2 rings (SSSR count). The van der Waals surface area contributed by atoms with E-state index in [1.54, 1.807) is 0 Å². The minimum absolute atomic E-state index is 0.0510. The second kappa shape index (κ2) is 7.32. The highest BCUT2D eigenvalue weighted by Gasteiger charge is 2.22. The average molecular weight is 431 g/mol. The molecule has 0 bridgehead atoms. The molecule has 25 heavy (non-hydrogen) atoms. The van der Waals surface area contributed by atoms with Gasteiger partial charge in [0.15, 0.2) is 17.4 Å². The number of anilines is 1. The third kappa shape index (κ3) is 4.23. The van der Waals surface area contributed by atoms with Gasteiger partial charge in [0.05, 0.1) is 10.6 Å². The molecule has 2 aromatic rings. The molecule has 0 heterocycles. The lowest BCUT2D eigenvalue weighted by atomic mass is 10.0. The SMILES string of the molecule is C/C(=C\N)C(=O)c1cc(F)c(F)cc1NS(=O)(=O)c1ccc(Br)cc1. The second-order valence-electron chi connectivity index (χ2n) is 5.05. The Bertz CT molecular complexity index is 958. The number of sulfonamides is 1. The molecule has 3 N–H and O–H groups in total. The van der Waals surface area contributed by atoms with E-state index in [1.165, 1.54) is 31.2 Å². The number of nitrogens with one attached hydrogen (secondary N) is 1. The summed E-state index contributed by atoms with van der Waals surface area (Å²) in [7, 11) is -4.11. The smallest absolute Gasteiger partial charge is 0.261 e. The summed E-state index contributed by atoms with van der Waals surface area (Å²) >= 11 is 3.18. The van der Waals surface area contributed by atoms with Gasteiger partial charge in [-0.2, -0.15) is 0 Å². The van der Waals surface area contributed by atoms with Gasteiger partial charge in [0, 0.05) is 27.9 Å². The number of hydrogen-bond donors (Lipinski definition) is 2. The summed E-state index contributed by atoms with van der Waals surface area (Å²) in [5.41, 5.74) is 4.59. The van der Waals surface area contributed by atoms with Crippen molar-refractivity contribution in [2.75, 3.05) is 4.72 Å². The molecule has 0 amide bonds. The van der Waals surface area contributed by atoms with Crippen molar-refractivity contribution in [3.63, 3.8) is 0 Å². The van der Waals surface area contributed by atoms with Crippen LogP contribution in [0.15, 0.2) is 57.5 Å². The summed E-state index contributed by atoms with van der Waals surface area (Å²) in [6.45, 7) is 1.37. The lowest BCUT2D eigenvalue weighted by Gasteiger charge is -2.13. The number of benzene rings is 2. The van der Waals surface area contributed by atoms with E-state index in [0.717, 1.165) is 6.20 Å². The molecule has 2 aromatic carbocycles. The van der Waals surface area contributed by atoms with Crippen LogP contribution in [0.1, 0.15) is 17.3 Å². The minimum atomic E-state index is -4.11. The molecule has 0 aliphatic carbocycles. The van der Waals surface area contributed by atoms with E-state index in [4.69, 9.17) is 5.73 Å². The first-order valence-electron chi connectivity index (χ1n) is 6.86. The van der Waals surface area contributed by atoms with Gasteiger partial charge >= 0.3 is 0 Å². The van der Waals surface area contributed by atoms with Crippen LogP contribution in [0.4, 0.5) is 14.5 Å². The van der Waals surface area contributed by atoms with Crippen LogP contribution >= 0.6 is 15.9 Å². The first-order valence-corrected chi connectivity index (χ1v) is 9.14. The fourth-order valence-corrected chi connectivity index (χ4v) is 3.26. The zero-order valence-electron chi connectivity index (χ0n) is 12.9. The van der Waals surface area contributed by atoms with Crippen molar-refractivity contribution < 1.29 is 22.0 Å². The van der Waals surface area contributed by atoms with Crippen LogP contribution in [0.2, 0.25) is 0 Å². The number of rotatable bonds is 5. The fourth-order valence-electron chi connectivity index (χ4n) is 1.92. The largest absolute Gasteiger partial charge is 0.404 e. The number of carbonyl (C=O) groups is 1. The number of nitrogens with two attached hydrogens (primary N) is 1. The number of halogens is 3. The highest BCUT2D eigenvalue weighted by Crippen LogP contribution is 2.26. The summed E-state index contributed by atoms with van der Waals surface area (Å²) < 4.78 is 54.7. The average Bonchev–Trinajstić information content (AvgIpc) is 2.56. The van der Waals surface area contributed by atoms with Gasteiger partial charge in [0.25, 0.3) is 10.0 Å². The number of allylic oxidation sites excluding steroid dienone is 1. The molecule has 9 heteroatoms. The van der Waals surface area contributed by atoms with Crippen LogP contribution < -0.4 is 10.5 Å². The predicted molar refractivity (Wildman–Crippen MR) is 93.6 cm³/mol. The van der Waals surface area contributed by atoms with Crippen LogP contribution in [0.25, 0.3) is 0 Å². The van der Waals surface area contributed by atoms with Crippen LogP contribution in [-0.2, 0) is 10.0 Å². The number of hydrogen-bond acceptors (Lipinski definition) is 4. The zero-order valence-corrected chi connectivity index (χ0v) is 15.3. The van der Waals surface area contributed by atoms with Gasteiger partial charge in [-0.15, -0.1) is 0 Å². The molecule has 132 valence electrons. The Hall–Kier alpha value is -2.26. The highest BCUT2D eigenvalue weighted by atomic mass is 79.9. The molecule has 5 nitrogen and oxygen atoms in total. The lowest BCUT2D eigenvalue weighted by molar-refractivity contribution is 0.103. The van der Waals surface area contributed by atoms with Crippen LogP contribution in [0.3, 0.4) is 0 Å². The Morgan fingerprint density at radius 3 is 2.28 bits per heavy atom. The van der Waals surface area contributed by atoms with Gasteiger partial charge in [0.1, 0.15) is 0 Å². The standard InChI is InChI=1S/C16H13BrF2N2O3S/c1-9(8-20)16(22)12-6-13(18)14(19)7-15(12)21-25(23,24)11-4-2-10(17)3-5-11/h2-8,21H,20H2,1H3/b9-8+. The molecule has 0 saturated heterocycles. The van der Waals surface area contributed by atoms with Gasteiger partial charge in [-0.3, -0.25) is 9.52 Å². The molecule has 0 saturated carbocycles. The first-order chi connectivity index (χ1) is 11.7. The van der Waals surface area contributed by atoms with E-state index in [0.29, 0.717) is 16.6 Å². The predicted octanol–water partition coefficient (Wildman–Crippen LogP) is 3.57. The van der Waals surface area contributed by atoms with E-state index in [2.05, 4.69) is 20.7 Å². The molecule has 0 unspecified atom stereocenters.